The first kappa shape index (κ1) is 22.9. The Morgan fingerprint density at radius 3 is 2.30 bits per heavy atom. The van der Waals surface area contributed by atoms with Crippen LogP contribution in [0.3, 0.4) is 0 Å². The van der Waals surface area contributed by atoms with Gasteiger partial charge in [0.15, 0.2) is 13.1 Å². The summed E-state index contributed by atoms with van der Waals surface area (Å²) in [6, 6.07) is 12.1. The van der Waals surface area contributed by atoms with Crippen LogP contribution >= 0.6 is 0 Å². The largest absolute Gasteiger partial charge is 0.497 e. The molecular weight excluding hydrogens is 386 g/mol. The standard InChI is InChI=1S/C22H27N3O5/c1-5-25(13-20(26)23-17-7-6-8-18(12-17)29-3)14-21(27)24-19-11-16(22(28)30-4)10-9-15(19)2/h6-12H,5,13-14H2,1-4H3,(H,23,26)(H,24,27)/p+1. The monoisotopic (exact) mass is 414 g/mol. The van der Waals surface area contributed by atoms with Gasteiger partial charge in [0.1, 0.15) is 5.75 Å². The van der Waals surface area contributed by atoms with Crippen molar-refractivity contribution in [2.24, 2.45) is 0 Å². The molecule has 0 aliphatic carbocycles. The van der Waals surface area contributed by atoms with E-state index in [1.54, 1.807) is 49.6 Å². The highest BCUT2D eigenvalue weighted by atomic mass is 16.5. The number of rotatable bonds is 9. The molecule has 0 heterocycles. The zero-order valence-electron chi connectivity index (χ0n) is 17.7. The Balaban J connectivity index is 1.95. The van der Waals surface area contributed by atoms with Crippen molar-refractivity contribution >= 4 is 29.2 Å². The first-order chi connectivity index (χ1) is 14.4. The summed E-state index contributed by atoms with van der Waals surface area (Å²) in [5.74, 6) is -0.264. The Hall–Kier alpha value is -3.39. The van der Waals surface area contributed by atoms with E-state index in [0.717, 1.165) is 10.5 Å². The van der Waals surface area contributed by atoms with Gasteiger partial charge in [0, 0.05) is 17.4 Å². The maximum atomic E-state index is 12.5. The summed E-state index contributed by atoms with van der Waals surface area (Å²) in [5.41, 5.74) is 2.36. The van der Waals surface area contributed by atoms with Crippen molar-refractivity contribution in [3.05, 3.63) is 53.6 Å². The van der Waals surface area contributed by atoms with Crippen molar-refractivity contribution in [2.75, 3.05) is 44.5 Å². The molecule has 2 rings (SSSR count). The van der Waals surface area contributed by atoms with Crippen molar-refractivity contribution < 1.29 is 28.8 Å². The van der Waals surface area contributed by atoms with E-state index in [2.05, 4.69) is 10.6 Å². The molecule has 3 N–H and O–H groups in total. The van der Waals surface area contributed by atoms with Crippen LogP contribution in [0.5, 0.6) is 5.75 Å². The number of ether oxygens (including phenoxy) is 2. The van der Waals surface area contributed by atoms with E-state index in [1.807, 2.05) is 13.8 Å². The molecule has 0 aliphatic heterocycles. The van der Waals surface area contributed by atoms with Crippen LogP contribution in [0.15, 0.2) is 42.5 Å². The molecule has 0 saturated heterocycles. The molecular formula is C22H28N3O5+. The molecule has 0 spiro atoms. The lowest BCUT2D eigenvalue weighted by Crippen LogP contribution is -3.13. The third-order valence-electron chi connectivity index (χ3n) is 4.61. The number of carbonyl (C=O) groups is 3. The average molecular weight is 414 g/mol. The molecule has 2 aromatic rings. The summed E-state index contributed by atoms with van der Waals surface area (Å²) in [6.45, 7) is 4.60. The summed E-state index contributed by atoms with van der Waals surface area (Å²) in [5, 5.41) is 5.63. The fraction of sp³-hybridized carbons (Fsp3) is 0.318. The second-order valence-electron chi connectivity index (χ2n) is 6.81. The van der Waals surface area contributed by atoms with Gasteiger partial charge in [-0.05, 0) is 43.7 Å². The lowest BCUT2D eigenvalue weighted by molar-refractivity contribution is -0.881. The van der Waals surface area contributed by atoms with E-state index in [0.29, 0.717) is 29.2 Å². The van der Waals surface area contributed by atoms with Gasteiger partial charge in [-0.15, -0.1) is 0 Å². The van der Waals surface area contributed by atoms with Gasteiger partial charge in [-0.1, -0.05) is 12.1 Å². The molecule has 0 fully saturated rings. The number of carbonyl (C=O) groups excluding carboxylic acids is 3. The van der Waals surface area contributed by atoms with Gasteiger partial charge in [-0.2, -0.15) is 0 Å². The number of hydrogen-bond donors (Lipinski definition) is 3. The van der Waals surface area contributed by atoms with Crippen LogP contribution < -0.4 is 20.3 Å². The number of hydrogen-bond acceptors (Lipinski definition) is 5. The molecule has 30 heavy (non-hydrogen) atoms. The maximum Gasteiger partial charge on any atom is 0.337 e. The van der Waals surface area contributed by atoms with E-state index in [9.17, 15) is 14.4 Å². The molecule has 0 bridgehead atoms. The number of methoxy groups -OCH3 is 2. The van der Waals surface area contributed by atoms with Crippen LogP contribution in [0, 0.1) is 6.92 Å². The predicted octanol–water partition coefficient (Wildman–Crippen LogP) is 1.27. The molecule has 0 radical (unpaired) electrons. The third kappa shape index (κ3) is 6.59. The molecule has 0 aromatic heterocycles. The quantitative estimate of drug-likeness (QED) is 0.537. The zero-order chi connectivity index (χ0) is 22.1. The lowest BCUT2D eigenvalue weighted by atomic mass is 10.1. The Bertz CT molecular complexity index is 913. The van der Waals surface area contributed by atoms with Gasteiger partial charge >= 0.3 is 5.97 Å². The van der Waals surface area contributed by atoms with Crippen molar-refractivity contribution in [3.63, 3.8) is 0 Å². The Morgan fingerprint density at radius 2 is 1.67 bits per heavy atom. The second kappa shape index (κ2) is 11.0. The predicted molar refractivity (Wildman–Crippen MR) is 114 cm³/mol. The summed E-state index contributed by atoms with van der Waals surface area (Å²) in [7, 11) is 2.87. The fourth-order valence-electron chi connectivity index (χ4n) is 2.87. The number of aryl methyl sites for hydroxylation is 1. The van der Waals surface area contributed by atoms with Crippen LogP contribution in [-0.4, -0.2) is 51.6 Å². The summed E-state index contributed by atoms with van der Waals surface area (Å²) in [6.07, 6.45) is 0. The summed E-state index contributed by atoms with van der Waals surface area (Å²) in [4.78, 5) is 37.4. The number of anilines is 2. The molecule has 160 valence electrons. The number of nitrogens with one attached hydrogen (secondary N) is 3. The average Bonchev–Trinajstić information content (AvgIpc) is 2.74. The Kier molecular flexibility index (Phi) is 8.37. The SMILES string of the molecule is CC[NH+](CC(=O)Nc1cccc(OC)c1)CC(=O)Nc1cc(C(=O)OC)ccc1C. The van der Waals surface area contributed by atoms with Crippen LogP contribution in [0.4, 0.5) is 11.4 Å². The van der Waals surface area contributed by atoms with E-state index < -0.39 is 5.97 Å². The number of esters is 1. The van der Waals surface area contributed by atoms with E-state index >= 15 is 0 Å². The molecule has 8 nitrogen and oxygen atoms in total. The number of amides is 2. The summed E-state index contributed by atoms with van der Waals surface area (Å²) < 4.78 is 9.87. The smallest absolute Gasteiger partial charge is 0.337 e. The minimum atomic E-state index is -0.472. The molecule has 1 unspecified atom stereocenters. The van der Waals surface area contributed by atoms with Gasteiger partial charge in [-0.3, -0.25) is 9.59 Å². The first-order valence-corrected chi connectivity index (χ1v) is 9.62. The normalized spacial score (nSPS) is 11.3. The number of benzene rings is 2. The highest BCUT2D eigenvalue weighted by Gasteiger charge is 2.18. The molecule has 2 aromatic carbocycles. The zero-order valence-corrected chi connectivity index (χ0v) is 17.7. The van der Waals surface area contributed by atoms with Crippen LogP contribution in [0.25, 0.3) is 0 Å². The van der Waals surface area contributed by atoms with Gasteiger partial charge in [-0.25, -0.2) is 4.79 Å². The molecule has 0 aliphatic rings. The minimum Gasteiger partial charge on any atom is -0.497 e. The van der Waals surface area contributed by atoms with Crippen LogP contribution in [0.1, 0.15) is 22.8 Å². The number of quaternary nitrogens is 1. The topological polar surface area (TPSA) is 98.2 Å². The Morgan fingerprint density at radius 1 is 0.967 bits per heavy atom. The van der Waals surface area contributed by atoms with Gasteiger partial charge in [0.25, 0.3) is 11.8 Å². The molecule has 0 saturated carbocycles. The van der Waals surface area contributed by atoms with Gasteiger partial charge < -0.3 is 25.0 Å². The van der Waals surface area contributed by atoms with Crippen LogP contribution in [0.2, 0.25) is 0 Å². The van der Waals surface area contributed by atoms with Crippen molar-refractivity contribution in [3.8, 4) is 5.75 Å². The lowest BCUT2D eigenvalue weighted by Gasteiger charge is -2.17. The fourth-order valence-corrected chi connectivity index (χ4v) is 2.87. The van der Waals surface area contributed by atoms with Gasteiger partial charge in [0.2, 0.25) is 0 Å². The molecule has 8 heteroatoms. The maximum absolute atomic E-state index is 12.5. The van der Waals surface area contributed by atoms with Gasteiger partial charge in [0.05, 0.1) is 26.3 Å². The molecule has 2 amide bonds. The van der Waals surface area contributed by atoms with Crippen molar-refractivity contribution in [2.45, 2.75) is 13.8 Å². The van der Waals surface area contributed by atoms with Crippen molar-refractivity contribution in [1.82, 2.24) is 0 Å². The minimum absolute atomic E-state index is 0.115. The molecule has 1 atom stereocenters. The number of likely N-dealkylation sites (N-methyl/N-ethyl adjacent to an activating group) is 1. The third-order valence-corrected chi connectivity index (χ3v) is 4.61. The van der Waals surface area contributed by atoms with Crippen LogP contribution in [-0.2, 0) is 14.3 Å². The summed E-state index contributed by atoms with van der Waals surface area (Å²) >= 11 is 0. The van der Waals surface area contributed by atoms with E-state index in [-0.39, 0.29) is 24.9 Å². The van der Waals surface area contributed by atoms with E-state index in [1.165, 1.54) is 7.11 Å². The van der Waals surface area contributed by atoms with E-state index in [4.69, 9.17) is 9.47 Å². The van der Waals surface area contributed by atoms with Crippen molar-refractivity contribution in [1.29, 1.82) is 0 Å². The Labute approximate surface area is 176 Å². The first-order valence-electron chi connectivity index (χ1n) is 9.62. The highest BCUT2D eigenvalue weighted by molar-refractivity contribution is 5.96. The highest BCUT2D eigenvalue weighted by Crippen LogP contribution is 2.18. The second-order valence-corrected chi connectivity index (χ2v) is 6.81.